The van der Waals surface area contributed by atoms with E-state index in [-0.39, 0.29) is 0 Å². The van der Waals surface area contributed by atoms with Crippen LogP contribution in [0.4, 0.5) is 5.82 Å². The normalized spacial score (nSPS) is 22.9. The second-order valence-electron chi connectivity index (χ2n) is 6.52. The van der Waals surface area contributed by atoms with Gasteiger partial charge in [-0.1, -0.05) is 0 Å². The molecule has 0 unspecified atom stereocenters. The molecule has 0 N–H and O–H groups in total. The number of hydrogen-bond acceptors (Lipinski definition) is 5. The highest BCUT2D eigenvalue weighted by Gasteiger charge is 2.21. The quantitative estimate of drug-likeness (QED) is 0.836. The van der Waals surface area contributed by atoms with Crippen LogP contribution >= 0.6 is 0 Å². The van der Waals surface area contributed by atoms with E-state index in [1.807, 2.05) is 6.92 Å². The van der Waals surface area contributed by atoms with Crippen LogP contribution in [-0.2, 0) is 9.47 Å². The van der Waals surface area contributed by atoms with Gasteiger partial charge in [0.2, 0.25) is 0 Å². The Kier molecular flexibility index (Phi) is 5.26. The predicted octanol–water partition coefficient (Wildman–Crippen LogP) is 2.54. The first-order chi connectivity index (χ1) is 10.7. The first-order valence-corrected chi connectivity index (χ1v) is 8.44. The van der Waals surface area contributed by atoms with Crippen LogP contribution in [0.1, 0.15) is 43.1 Å². The SMILES string of the molecule is Cc1nc([C@@H]2CCOC2)cc(N(C)CCC2CCOCC2)n1. The Morgan fingerprint density at radius 1 is 1.14 bits per heavy atom. The van der Waals surface area contributed by atoms with E-state index in [4.69, 9.17) is 9.47 Å². The van der Waals surface area contributed by atoms with Crippen LogP contribution in [0.5, 0.6) is 0 Å². The zero-order chi connectivity index (χ0) is 15.4. The fourth-order valence-electron chi connectivity index (χ4n) is 3.27. The third-order valence-electron chi connectivity index (χ3n) is 4.80. The van der Waals surface area contributed by atoms with Crippen LogP contribution in [0.25, 0.3) is 0 Å². The van der Waals surface area contributed by atoms with Gasteiger partial charge in [-0.3, -0.25) is 0 Å². The van der Waals surface area contributed by atoms with Crippen molar-refractivity contribution in [3.05, 3.63) is 17.6 Å². The molecule has 3 heterocycles. The number of nitrogens with zero attached hydrogens (tertiary/aromatic N) is 3. The maximum Gasteiger partial charge on any atom is 0.132 e. The highest BCUT2D eigenvalue weighted by molar-refractivity contribution is 5.39. The Bertz CT molecular complexity index is 483. The predicted molar refractivity (Wildman–Crippen MR) is 86.4 cm³/mol. The molecular formula is C17H27N3O2. The lowest BCUT2D eigenvalue weighted by molar-refractivity contribution is 0.0645. The van der Waals surface area contributed by atoms with Gasteiger partial charge in [-0.2, -0.15) is 0 Å². The molecule has 0 amide bonds. The molecule has 1 atom stereocenters. The molecule has 1 aromatic heterocycles. The summed E-state index contributed by atoms with van der Waals surface area (Å²) in [6.45, 7) is 6.51. The maximum atomic E-state index is 5.49. The lowest BCUT2D eigenvalue weighted by Crippen LogP contribution is -2.25. The van der Waals surface area contributed by atoms with Gasteiger partial charge in [0, 0.05) is 45.4 Å². The summed E-state index contributed by atoms with van der Waals surface area (Å²) in [7, 11) is 2.13. The van der Waals surface area contributed by atoms with Gasteiger partial charge >= 0.3 is 0 Å². The number of ether oxygens (including phenoxy) is 2. The second kappa shape index (κ2) is 7.38. The molecule has 0 saturated carbocycles. The first kappa shape index (κ1) is 15.7. The van der Waals surface area contributed by atoms with Crippen LogP contribution in [0.2, 0.25) is 0 Å². The zero-order valence-electron chi connectivity index (χ0n) is 13.8. The molecule has 2 aliphatic heterocycles. The average Bonchev–Trinajstić information content (AvgIpc) is 3.07. The third kappa shape index (κ3) is 3.96. The van der Waals surface area contributed by atoms with Gasteiger partial charge in [0.15, 0.2) is 0 Å². The van der Waals surface area contributed by atoms with Crippen LogP contribution < -0.4 is 4.90 Å². The molecule has 5 nitrogen and oxygen atoms in total. The summed E-state index contributed by atoms with van der Waals surface area (Å²) in [5.74, 6) is 3.13. The van der Waals surface area contributed by atoms with E-state index in [2.05, 4.69) is 28.0 Å². The van der Waals surface area contributed by atoms with E-state index in [9.17, 15) is 0 Å². The van der Waals surface area contributed by atoms with Crippen molar-refractivity contribution in [2.75, 3.05) is 44.9 Å². The van der Waals surface area contributed by atoms with Crippen molar-refractivity contribution in [1.82, 2.24) is 9.97 Å². The molecule has 2 saturated heterocycles. The van der Waals surface area contributed by atoms with Gasteiger partial charge in [-0.15, -0.1) is 0 Å². The number of hydrogen-bond donors (Lipinski definition) is 0. The number of aryl methyl sites for hydroxylation is 1. The summed E-state index contributed by atoms with van der Waals surface area (Å²) < 4.78 is 10.9. The van der Waals surface area contributed by atoms with Crippen LogP contribution in [0.15, 0.2) is 6.07 Å². The molecule has 0 bridgehead atoms. The summed E-state index contributed by atoms with van der Waals surface area (Å²) in [6, 6.07) is 2.15. The van der Waals surface area contributed by atoms with E-state index in [1.54, 1.807) is 0 Å². The van der Waals surface area contributed by atoms with Crippen molar-refractivity contribution < 1.29 is 9.47 Å². The number of aromatic nitrogens is 2. The number of rotatable bonds is 5. The highest BCUT2D eigenvalue weighted by atomic mass is 16.5. The summed E-state index contributed by atoms with van der Waals surface area (Å²) in [5, 5.41) is 0. The largest absolute Gasteiger partial charge is 0.381 e. The van der Waals surface area contributed by atoms with Crippen molar-refractivity contribution in [2.24, 2.45) is 5.92 Å². The molecule has 3 rings (SSSR count). The Balaban J connectivity index is 1.62. The minimum atomic E-state index is 0.435. The summed E-state index contributed by atoms with van der Waals surface area (Å²) in [4.78, 5) is 11.5. The van der Waals surface area contributed by atoms with E-state index in [0.29, 0.717) is 5.92 Å². The first-order valence-electron chi connectivity index (χ1n) is 8.44. The average molecular weight is 305 g/mol. The van der Waals surface area contributed by atoms with Gasteiger partial charge in [0.05, 0.1) is 12.3 Å². The molecule has 0 aromatic carbocycles. The monoisotopic (exact) mass is 305 g/mol. The van der Waals surface area contributed by atoms with E-state index in [1.165, 1.54) is 19.3 Å². The summed E-state index contributed by atoms with van der Waals surface area (Å²) in [5.41, 5.74) is 1.14. The van der Waals surface area contributed by atoms with Crippen molar-refractivity contribution in [2.45, 2.75) is 38.5 Å². The molecule has 22 heavy (non-hydrogen) atoms. The molecule has 0 spiro atoms. The molecule has 2 fully saturated rings. The lowest BCUT2D eigenvalue weighted by Gasteiger charge is -2.25. The lowest BCUT2D eigenvalue weighted by atomic mass is 9.96. The van der Waals surface area contributed by atoms with Crippen LogP contribution in [-0.4, -0.2) is 50.0 Å². The van der Waals surface area contributed by atoms with E-state index < -0.39 is 0 Å². The molecule has 1 aromatic rings. The maximum absolute atomic E-state index is 5.49. The standard InChI is InChI=1S/C17H27N3O2/c1-13-18-16(15-6-10-22-12-15)11-17(19-13)20(2)7-3-14-4-8-21-9-5-14/h11,14-15H,3-10,12H2,1-2H3/t15-/m1/s1. The van der Waals surface area contributed by atoms with Crippen molar-refractivity contribution in [3.8, 4) is 0 Å². The number of anilines is 1. The highest BCUT2D eigenvalue weighted by Crippen LogP contribution is 2.26. The third-order valence-corrected chi connectivity index (χ3v) is 4.80. The van der Waals surface area contributed by atoms with Gasteiger partial charge in [-0.05, 0) is 38.5 Å². The molecule has 0 aliphatic carbocycles. The van der Waals surface area contributed by atoms with Crippen LogP contribution in [0.3, 0.4) is 0 Å². The molecule has 122 valence electrons. The van der Waals surface area contributed by atoms with Crippen molar-refractivity contribution in [3.63, 3.8) is 0 Å². The van der Waals surface area contributed by atoms with E-state index in [0.717, 1.165) is 62.6 Å². The summed E-state index contributed by atoms with van der Waals surface area (Å²) in [6.07, 6.45) is 4.68. The summed E-state index contributed by atoms with van der Waals surface area (Å²) >= 11 is 0. The Morgan fingerprint density at radius 3 is 2.64 bits per heavy atom. The zero-order valence-corrected chi connectivity index (χ0v) is 13.8. The van der Waals surface area contributed by atoms with Gasteiger partial charge in [-0.25, -0.2) is 9.97 Å². The fraction of sp³-hybridized carbons (Fsp3) is 0.765. The van der Waals surface area contributed by atoms with Crippen LogP contribution in [0, 0.1) is 12.8 Å². The minimum Gasteiger partial charge on any atom is -0.381 e. The fourth-order valence-corrected chi connectivity index (χ4v) is 3.27. The topological polar surface area (TPSA) is 47.5 Å². The molecule has 2 aliphatic rings. The second-order valence-corrected chi connectivity index (χ2v) is 6.52. The van der Waals surface area contributed by atoms with Gasteiger partial charge < -0.3 is 14.4 Å². The minimum absolute atomic E-state index is 0.435. The van der Waals surface area contributed by atoms with Crippen molar-refractivity contribution >= 4 is 5.82 Å². The molecule has 0 radical (unpaired) electrons. The van der Waals surface area contributed by atoms with Gasteiger partial charge in [0.25, 0.3) is 0 Å². The Morgan fingerprint density at radius 2 is 1.91 bits per heavy atom. The van der Waals surface area contributed by atoms with Crippen molar-refractivity contribution in [1.29, 1.82) is 0 Å². The Hall–Kier alpha value is -1.20. The van der Waals surface area contributed by atoms with E-state index >= 15 is 0 Å². The van der Waals surface area contributed by atoms with Gasteiger partial charge in [0.1, 0.15) is 11.6 Å². The molecule has 5 heteroatoms. The molecular weight excluding hydrogens is 278 g/mol. The smallest absolute Gasteiger partial charge is 0.132 e. The Labute approximate surface area is 133 Å².